The van der Waals surface area contributed by atoms with Gasteiger partial charge in [-0.2, -0.15) is 0 Å². The molecule has 0 unspecified atom stereocenters. The van der Waals surface area contributed by atoms with Gasteiger partial charge in [0.05, 0.1) is 5.56 Å². The molecule has 1 aromatic carbocycles. The predicted octanol–water partition coefficient (Wildman–Crippen LogP) is 1.64. The highest BCUT2D eigenvalue weighted by molar-refractivity contribution is 5.89. The second-order valence-electron chi connectivity index (χ2n) is 4.07. The summed E-state index contributed by atoms with van der Waals surface area (Å²) in [5, 5.41) is 14.4. The van der Waals surface area contributed by atoms with E-state index in [1.165, 1.54) is 0 Å². The van der Waals surface area contributed by atoms with Crippen molar-refractivity contribution in [2.75, 3.05) is 13.1 Å². The third-order valence-corrected chi connectivity index (χ3v) is 2.64. The lowest BCUT2D eigenvalue weighted by Gasteiger charge is -2.08. The van der Waals surface area contributed by atoms with Crippen LogP contribution < -0.4 is 10.6 Å². The maximum Gasteiger partial charge on any atom is 0.335 e. The van der Waals surface area contributed by atoms with Crippen molar-refractivity contribution >= 4 is 12.0 Å². The fraction of sp³-hybridized carbons (Fsp3) is 0.333. The lowest BCUT2D eigenvalue weighted by molar-refractivity contribution is 0.0695. The molecular weight excluding hydrogens is 256 g/mol. The Bertz CT molecular complexity index is 529. The van der Waals surface area contributed by atoms with Crippen LogP contribution in [0.1, 0.15) is 29.3 Å². The van der Waals surface area contributed by atoms with Crippen molar-refractivity contribution in [2.24, 2.45) is 0 Å². The first-order chi connectivity index (χ1) is 9.65. The monoisotopic (exact) mass is 274 g/mol. The summed E-state index contributed by atoms with van der Waals surface area (Å²) in [7, 11) is 0. The van der Waals surface area contributed by atoms with Gasteiger partial charge in [-0.05, 0) is 25.0 Å². The molecule has 0 saturated carbocycles. The molecule has 106 valence electrons. The second kappa shape index (κ2) is 8.59. The lowest BCUT2D eigenvalue weighted by Crippen LogP contribution is -2.37. The Morgan fingerprint density at radius 2 is 1.90 bits per heavy atom. The van der Waals surface area contributed by atoms with Crippen LogP contribution in [0.4, 0.5) is 4.79 Å². The summed E-state index contributed by atoms with van der Waals surface area (Å²) in [6, 6.07) is 6.50. The van der Waals surface area contributed by atoms with Crippen molar-refractivity contribution in [1.29, 1.82) is 0 Å². The third-order valence-electron chi connectivity index (χ3n) is 2.64. The van der Waals surface area contributed by atoms with E-state index in [2.05, 4.69) is 22.5 Å². The van der Waals surface area contributed by atoms with Crippen LogP contribution in [-0.4, -0.2) is 30.2 Å². The van der Waals surface area contributed by atoms with Gasteiger partial charge in [0.2, 0.25) is 0 Å². The number of nitrogens with one attached hydrogen (secondary N) is 2. The van der Waals surface area contributed by atoms with Gasteiger partial charge in [0.25, 0.3) is 0 Å². The van der Waals surface area contributed by atoms with E-state index in [4.69, 9.17) is 5.11 Å². The van der Waals surface area contributed by atoms with Crippen LogP contribution in [0.15, 0.2) is 24.3 Å². The van der Waals surface area contributed by atoms with Crippen molar-refractivity contribution < 1.29 is 14.7 Å². The summed E-state index contributed by atoms with van der Waals surface area (Å²) in [4.78, 5) is 22.4. The van der Waals surface area contributed by atoms with E-state index in [0.717, 1.165) is 0 Å². The standard InChI is InChI=1S/C15H18N2O3/c1-2-3-6-10-16-15(20)17-11-9-12-7-4-5-8-13(12)14(18)19/h4-5,7-8H,6,9-11H2,1H3,(H,18,19)(H2,16,17,20). The fourth-order valence-corrected chi connectivity index (χ4v) is 1.68. The van der Waals surface area contributed by atoms with Gasteiger partial charge in [0.15, 0.2) is 0 Å². The smallest absolute Gasteiger partial charge is 0.335 e. The molecule has 0 saturated heterocycles. The highest BCUT2D eigenvalue weighted by Gasteiger charge is 2.08. The molecule has 0 aromatic heterocycles. The molecule has 0 aliphatic rings. The summed E-state index contributed by atoms with van der Waals surface area (Å²) in [5.41, 5.74) is 0.977. The maximum absolute atomic E-state index is 11.4. The van der Waals surface area contributed by atoms with Gasteiger partial charge in [-0.3, -0.25) is 0 Å². The molecule has 0 bridgehead atoms. The summed E-state index contributed by atoms with van der Waals surface area (Å²) < 4.78 is 0. The summed E-state index contributed by atoms with van der Waals surface area (Å²) >= 11 is 0. The Kier molecular flexibility index (Phi) is 6.69. The van der Waals surface area contributed by atoms with Crippen molar-refractivity contribution in [1.82, 2.24) is 10.6 Å². The minimum absolute atomic E-state index is 0.268. The van der Waals surface area contributed by atoms with Gasteiger partial charge in [-0.25, -0.2) is 9.59 Å². The lowest BCUT2D eigenvalue weighted by atomic mass is 10.0. The van der Waals surface area contributed by atoms with E-state index in [9.17, 15) is 9.59 Å². The quantitative estimate of drug-likeness (QED) is 0.545. The maximum atomic E-state index is 11.4. The van der Waals surface area contributed by atoms with E-state index in [-0.39, 0.29) is 11.6 Å². The molecule has 0 atom stereocenters. The summed E-state index contributed by atoms with van der Waals surface area (Å²) in [6.07, 6.45) is 1.09. The molecule has 1 rings (SSSR count). The molecule has 5 nitrogen and oxygen atoms in total. The van der Waals surface area contributed by atoms with Crippen molar-refractivity contribution in [3.8, 4) is 11.8 Å². The highest BCUT2D eigenvalue weighted by Crippen LogP contribution is 2.08. The number of rotatable bonds is 6. The van der Waals surface area contributed by atoms with Crippen LogP contribution in [0.5, 0.6) is 0 Å². The van der Waals surface area contributed by atoms with Crippen molar-refractivity contribution in [3.63, 3.8) is 0 Å². The Morgan fingerprint density at radius 1 is 1.20 bits per heavy atom. The van der Waals surface area contributed by atoms with E-state index in [0.29, 0.717) is 31.5 Å². The number of hydrogen-bond acceptors (Lipinski definition) is 2. The van der Waals surface area contributed by atoms with Crippen LogP contribution in [-0.2, 0) is 6.42 Å². The molecule has 3 N–H and O–H groups in total. The fourth-order valence-electron chi connectivity index (χ4n) is 1.68. The van der Waals surface area contributed by atoms with Gasteiger partial charge in [0, 0.05) is 19.5 Å². The van der Waals surface area contributed by atoms with Gasteiger partial charge < -0.3 is 15.7 Å². The number of carboxylic acid groups (broad SMARTS) is 1. The molecular formula is C15H18N2O3. The number of urea groups is 1. The molecule has 1 aromatic rings. The summed E-state index contributed by atoms with van der Waals surface area (Å²) in [6.45, 7) is 2.63. The van der Waals surface area contributed by atoms with Gasteiger partial charge in [0.1, 0.15) is 0 Å². The van der Waals surface area contributed by atoms with E-state index >= 15 is 0 Å². The van der Waals surface area contributed by atoms with Crippen molar-refractivity contribution in [2.45, 2.75) is 19.8 Å². The Balaban J connectivity index is 2.35. The Hall–Kier alpha value is -2.48. The molecule has 0 radical (unpaired) electrons. The highest BCUT2D eigenvalue weighted by atomic mass is 16.4. The first-order valence-electron chi connectivity index (χ1n) is 6.37. The zero-order valence-electron chi connectivity index (χ0n) is 11.4. The van der Waals surface area contributed by atoms with E-state index in [1.807, 2.05) is 0 Å². The molecule has 0 fully saturated rings. The average molecular weight is 274 g/mol. The zero-order valence-corrected chi connectivity index (χ0v) is 11.4. The number of hydrogen-bond donors (Lipinski definition) is 3. The number of carbonyl (C=O) groups excluding carboxylic acids is 1. The molecule has 0 aliphatic carbocycles. The third kappa shape index (κ3) is 5.44. The number of carbonyl (C=O) groups is 2. The first kappa shape index (κ1) is 15.6. The normalized spacial score (nSPS) is 9.25. The Morgan fingerprint density at radius 3 is 2.60 bits per heavy atom. The Labute approximate surface area is 118 Å². The van der Waals surface area contributed by atoms with Crippen LogP contribution in [0, 0.1) is 11.8 Å². The average Bonchev–Trinajstić information content (AvgIpc) is 2.44. The number of benzene rings is 1. The van der Waals surface area contributed by atoms with Gasteiger partial charge >= 0.3 is 12.0 Å². The molecule has 20 heavy (non-hydrogen) atoms. The van der Waals surface area contributed by atoms with E-state index in [1.54, 1.807) is 31.2 Å². The molecule has 0 heterocycles. The molecule has 2 amide bonds. The van der Waals surface area contributed by atoms with Crippen LogP contribution in [0.25, 0.3) is 0 Å². The predicted molar refractivity (Wildman–Crippen MR) is 76.6 cm³/mol. The SMILES string of the molecule is CC#CCCNC(=O)NCCc1ccccc1C(=O)O. The van der Waals surface area contributed by atoms with Gasteiger partial charge in [-0.15, -0.1) is 11.8 Å². The number of amides is 2. The molecule has 0 spiro atoms. The number of carboxylic acids is 1. The zero-order chi connectivity index (χ0) is 14.8. The van der Waals surface area contributed by atoms with Crippen LogP contribution in [0.3, 0.4) is 0 Å². The number of aromatic carboxylic acids is 1. The van der Waals surface area contributed by atoms with Crippen molar-refractivity contribution in [3.05, 3.63) is 35.4 Å². The molecule has 5 heteroatoms. The van der Waals surface area contributed by atoms with E-state index < -0.39 is 5.97 Å². The minimum atomic E-state index is -0.955. The van der Waals surface area contributed by atoms with Crippen LogP contribution in [0.2, 0.25) is 0 Å². The topological polar surface area (TPSA) is 78.4 Å². The summed E-state index contributed by atoms with van der Waals surface area (Å²) in [5.74, 6) is 4.64. The second-order valence-corrected chi connectivity index (χ2v) is 4.07. The first-order valence-corrected chi connectivity index (χ1v) is 6.37. The minimum Gasteiger partial charge on any atom is -0.478 e. The van der Waals surface area contributed by atoms with Crippen LogP contribution >= 0.6 is 0 Å². The van der Waals surface area contributed by atoms with Gasteiger partial charge in [-0.1, -0.05) is 18.2 Å². The largest absolute Gasteiger partial charge is 0.478 e. The molecule has 0 aliphatic heterocycles.